The van der Waals surface area contributed by atoms with Crippen LogP contribution in [0.4, 0.5) is 0 Å². The molecule has 20 heavy (non-hydrogen) atoms. The van der Waals surface area contributed by atoms with Crippen LogP contribution in [-0.4, -0.2) is 37.6 Å². The number of hydrogen-bond donors (Lipinski definition) is 0. The number of likely N-dealkylation sites (tertiary alicyclic amines) is 1. The first-order valence-corrected chi connectivity index (χ1v) is 7.31. The van der Waals surface area contributed by atoms with Gasteiger partial charge >= 0.3 is 0 Å². The summed E-state index contributed by atoms with van der Waals surface area (Å²) in [5.74, 6) is 0.219. The van der Waals surface area contributed by atoms with Crippen molar-refractivity contribution in [3.05, 3.63) is 41.5 Å². The van der Waals surface area contributed by atoms with Crippen molar-refractivity contribution < 1.29 is 9.53 Å². The number of rotatable bonds is 3. The average molecular weight is 271 g/mol. The molecule has 0 radical (unpaired) electrons. The number of carbonyl (C=O) groups excluding carboxylic acids is 1. The van der Waals surface area contributed by atoms with E-state index in [0.717, 1.165) is 25.9 Å². The number of fused-ring (bicyclic) bond motifs is 2. The Morgan fingerprint density at radius 1 is 1.30 bits per heavy atom. The number of amides is 1. The topological polar surface area (TPSA) is 29.5 Å². The van der Waals surface area contributed by atoms with E-state index in [1.165, 1.54) is 11.1 Å². The van der Waals surface area contributed by atoms with E-state index in [2.05, 4.69) is 36.4 Å². The Morgan fingerprint density at radius 3 is 2.80 bits per heavy atom. The molecule has 1 amide bonds. The Morgan fingerprint density at radius 2 is 2.05 bits per heavy atom. The van der Waals surface area contributed by atoms with Crippen LogP contribution in [0.25, 0.3) is 6.08 Å². The highest BCUT2D eigenvalue weighted by atomic mass is 16.5. The Bertz CT molecular complexity index is 528. The SMILES string of the molecule is COCCC(=O)N1CCC2(C=Cc3ccccc32)CC1. The number of methoxy groups -OCH3 is 1. The number of benzene rings is 1. The Hall–Kier alpha value is -1.61. The van der Waals surface area contributed by atoms with Crippen LogP contribution in [0.3, 0.4) is 0 Å². The van der Waals surface area contributed by atoms with Crippen molar-refractivity contribution in [3.8, 4) is 0 Å². The molecule has 3 rings (SSSR count). The molecule has 0 bridgehead atoms. The van der Waals surface area contributed by atoms with Gasteiger partial charge in [0.1, 0.15) is 0 Å². The van der Waals surface area contributed by atoms with E-state index in [1.807, 2.05) is 4.90 Å². The first kappa shape index (κ1) is 13.4. The molecule has 3 nitrogen and oxygen atoms in total. The third-order valence-electron chi connectivity index (χ3n) is 4.61. The third-order valence-corrected chi connectivity index (χ3v) is 4.61. The van der Waals surface area contributed by atoms with Crippen LogP contribution in [0.2, 0.25) is 0 Å². The summed E-state index contributed by atoms with van der Waals surface area (Å²) in [5.41, 5.74) is 2.94. The van der Waals surface area contributed by atoms with E-state index in [4.69, 9.17) is 4.74 Å². The van der Waals surface area contributed by atoms with Gasteiger partial charge in [0, 0.05) is 25.6 Å². The molecule has 1 heterocycles. The summed E-state index contributed by atoms with van der Waals surface area (Å²) in [6.07, 6.45) is 7.13. The molecule has 3 heteroatoms. The summed E-state index contributed by atoms with van der Waals surface area (Å²) in [5, 5.41) is 0. The van der Waals surface area contributed by atoms with Crippen molar-refractivity contribution in [2.24, 2.45) is 0 Å². The highest BCUT2D eigenvalue weighted by molar-refractivity contribution is 5.76. The molecule has 106 valence electrons. The molecule has 1 spiro atoms. The third kappa shape index (κ3) is 2.27. The first-order chi connectivity index (χ1) is 9.75. The van der Waals surface area contributed by atoms with Crippen LogP contribution in [0.15, 0.2) is 30.3 Å². The predicted octanol–water partition coefficient (Wildman–Crippen LogP) is 2.61. The quantitative estimate of drug-likeness (QED) is 0.845. The molecule has 1 saturated heterocycles. The summed E-state index contributed by atoms with van der Waals surface area (Å²) in [6, 6.07) is 8.61. The van der Waals surface area contributed by atoms with Gasteiger partial charge in [-0.25, -0.2) is 0 Å². The molecule has 0 atom stereocenters. The van der Waals surface area contributed by atoms with Gasteiger partial charge in [0.25, 0.3) is 0 Å². The number of allylic oxidation sites excluding steroid dienone is 1. The highest BCUT2D eigenvalue weighted by Crippen LogP contribution is 2.43. The van der Waals surface area contributed by atoms with E-state index in [0.29, 0.717) is 13.0 Å². The minimum Gasteiger partial charge on any atom is -0.384 e. The van der Waals surface area contributed by atoms with Crippen LogP contribution < -0.4 is 0 Å². The molecule has 2 aliphatic rings. The van der Waals surface area contributed by atoms with Crippen LogP contribution in [0, 0.1) is 0 Å². The summed E-state index contributed by atoms with van der Waals surface area (Å²) in [6.45, 7) is 2.21. The second-order valence-corrected chi connectivity index (χ2v) is 5.70. The Kier molecular flexibility index (Phi) is 3.62. The van der Waals surface area contributed by atoms with Crippen molar-refractivity contribution in [3.63, 3.8) is 0 Å². The molecular weight excluding hydrogens is 250 g/mol. The lowest BCUT2D eigenvalue weighted by Gasteiger charge is -2.39. The normalized spacial score (nSPS) is 19.4. The molecule has 0 N–H and O–H groups in total. The van der Waals surface area contributed by atoms with Gasteiger partial charge < -0.3 is 9.64 Å². The number of nitrogens with zero attached hydrogens (tertiary/aromatic N) is 1. The summed E-state index contributed by atoms with van der Waals surface area (Å²) in [7, 11) is 1.64. The molecule has 1 fully saturated rings. The molecule has 1 aliphatic heterocycles. The van der Waals surface area contributed by atoms with E-state index < -0.39 is 0 Å². The van der Waals surface area contributed by atoms with Crippen molar-refractivity contribution in [1.29, 1.82) is 0 Å². The molecule has 1 aromatic carbocycles. The highest BCUT2D eigenvalue weighted by Gasteiger charge is 2.38. The van der Waals surface area contributed by atoms with E-state index >= 15 is 0 Å². The smallest absolute Gasteiger partial charge is 0.224 e. The molecular formula is C17H21NO2. The maximum absolute atomic E-state index is 12.0. The van der Waals surface area contributed by atoms with Crippen molar-refractivity contribution in [1.82, 2.24) is 4.90 Å². The molecule has 1 aromatic rings. The van der Waals surface area contributed by atoms with Crippen molar-refractivity contribution >= 4 is 12.0 Å². The summed E-state index contributed by atoms with van der Waals surface area (Å²) < 4.78 is 4.98. The largest absolute Gasteiger partial charge is 0.384 e. The lowest BCUT2D eigenvalue weighted by molar-refractivity contribution is -0.133. The van der Waals surface area contributed by atoms with Gasteiger partial charge in [-0.3, -0.25) is 4.79 Å². The molecule has 1 aliphatic carbocycles. The minimum atomic E-state index is 0.161. The molecule has 0 saturated carbocycles. The zero-order valence-corrected chi connectivity index (χ0v) is 12.0. The van der Waals surface area contributed by atoms with Gasteiger partial charge in [-0.1, -0.05) is 36.4 Å². The second kappa shape index (κ2) is 5.41. The van der Waals surface area contributed by atoms with Gasteiger partial charge in [0.05, 0.1) is 13.0 Å². The van der Waals surface area contributed by atoms with Gasteiger partial charge in [-0.15, -0.1) is 0 Å². The van der Waals surface area contributed by atoms with E-state index in [1.54, 1.807) is 7.11 Å². The zero-order valence-electron chi connectivity index (χ0n) is 12.0. The van der Waals surface area contributed by atoms with E-state index in [-0.39, 0.29) is 11.3 Å². The first-order valence-electron chi connectivity index (χ1n) is 7.31. The van der Waals surface area contributed by atoms with Crippen molar-refractivity contribution in [2.75, 3.05) is 26.8 Å². The van der Waals surface area contributed by atoms with Gasteiger partial charge in [-0.05, 0) is 24.0 Å². The van der Waals surface area contributed by atoms with Crippen LogP contribution >= 0.6 is 0 Å². The summed E-state index contributed by atoms with van der Waals surface area (Å²) in [4.78, 5) is 14.0. The number of ether oxygens (including phenoxy) is 1. The van der Waals surface area contributed by atoms with Gasteiger partial charge in [0.2, 0.25) is 5.91 Å². The zero-order chi connectivity index (χ0) is 14.0. The molecule has 0 aromatic heterocycles. The van der Waals surface area contributed by atoms with Crippen LogP contribution in [0.1, 0.15) is 30.4 Å². The van der Waals surface area contributed by atoms with Gasteiger partial charge in [0.15, 0.2) is 0 Å². The average Bonchev–Trinajstić information content (AvgIpc) is 2.85. The molecule has 0 unspecified atom stereocenters. The number of piperidine rings is 1. The number of hydrogen-bond acceptors (Lipinski definition) is 2. The fourth-order valence-corrected chi connectivity index (χ4v) is 3.37. The maximum Gasteiger partial charge on any atom is 0.224 e. The van der Waals surface area contributed by atoms with Crippen molar-refractivity contribution in [2.45, 2.75) is 24.7 Å². The Labute approximate surface area is 120 Å². The fraction of sp³-hybridized carbons (Fsp3) is 0.471. The fourth-order valence-electron chi connectivity index (χ4n) is 3.37. The second-order valence-electron chi connectivity index (χ2n) is 5.70. The van der Waals surface area contributed by atoms with Gasteiger partial charge in [-0.2, -0.15) is 0 Å². The monoisotopic (exact) mass is 271 g/mol. The lowest BCUT2D eigenvalue weighted by Crippen LogP contribution is -2.44. The standard InChI is InChI=1S/C17H21NO2/c1-20-13-7-16(19)18-11-9-17(10-12-18)8-6-14-4-2-3-5-15(14)17/h2-6,8H,7,9-13H2,1H3. The van der Waals surface area contributed by atoms with Crippen LogP contribution in [0.5, 0.6) is 0 Å². The van der Waals surface area contributed by atoms with E-state index in [9.17, 15) is 4.79 Å². The summed E-state index contributed by atoms with van der Waals surface area (Å²) >= 11 is 0. The van der Waals surface area contributed by atoms with Crippen LogP contribution in [-0.2, 0) is 14.9 Å². The number of carbonyl (C=O) groups is 1. The Balaban J connectivity index is 1.68. The minimum absolute atomic E-state index is 0.161. The predicted molar refractivity (Wildman–Crippen MR) is 79.5 cm³/mol. The maximum atomic E-state index is 12.0. The lowest BCUT2D eigenvalue weighted by atomic mass is 9.74.